The van der Waals surface area contributed by atoms with Crippen molar-refractivity contribution in [1.29, 1.82) is 0 Å². The fraction of sp³-hybridized carbons (Fsp3) is 0.333. The molecule has 0 bridgehead atoms. The lowest BCUT2D eigenvalue weighted by atomic mass is 10.2. The van der Waals surface area contributed by atoms with E-state index in [1.807, 2.05) is 0 Å². The summed E-state index contributed by atoms with van der Waals surface area (Å²) in [6.45, 7) is 1.81. The maximum atomic E-state index is 14.5. The average Bonchev–Trinajstić information content (AvgIpc) is 3.39. The van der Waals surface area contributed by atoms with Crippen molar-refractivity contribution in [2.75, 3.05) is 6.61 Å². The van der Waals surface area contributed by atoms with Crippen molar-refractivity contribution >= 4 is 17.4 Å². The monoisotopic (exact) mass is 412 g/mol. The Morgan fingerprint density at radius 2 is 2.00 bits per heavy atom. The highest BCUT2D eigenvalue weighted by Gasteiger charge is 2.24. The number of halogens is 1. The summed E-state index contributed by atoms with van der Waals surface area (Å²) in [4.78, 5) is 38.3. The van der Waals surface area contributed by atoms with Gasteiger partial charge < -0.3 is 10.1 Å². The Morgan fingerprint density at radius 1 is 1.27 bits per heavy atom. The lowest BCUT2D eigenvalue weighted by Gasteiger charge is -2.16. The van der Waals surface area contributed by atoms with E-state index in [-0.39, 0.29) is 35.2 Å². The third kappa shape index (κ3) is 3.58. The van der Waals surface area contributed by atoms with Crippen LogP contribution in [0, 0.1) is 5.82 Å². The van der Waals surface area contributed by atoms with Gasteiger partial charge in [0.05, 0.1) is 18.5 Å². The van der Waals surface area contributed by atoms with Gasteiger partial charge in [-0.3, -0.25) is 14.2 Å². The predicted molar refractivity (Wildman–Crippen MR) is 106 cm³/mol. The molecule has 0 saturated heterocycles. The number of nitrogens with one attached hydrogen (secondary N) is 1. The molecule has 1 fully saturated rings. The van der Waals surface area contributed by atoms with Gasteiger partial charge in [0.15, 0.2) is 5.69 Å². The number of carbonyl (C=O) groups excluding carboxylic acids is 2. The van der Waals surface area contributed by atoms with E-state index in [9.17, 15) is 18.8 Å². The van der Waals surface area contributed by atoms with Crippen LogP contribution in [0.5, 0.6) is 0 Å². The van der Waals surface area contributed by atoms with E-state index in [0.29, 0.717) is 0 Å². The van der Waals surface area contributed by atoms with Gasteiger partial charge in [-0.15, -0.1) is 0 Å². The van der Waals surface area contributed by atoms with Crippen LogP contribution in [-0.2, 0) is 4.74 Å². The Balaban J connectivity index is 1.89. The van der Waals surface area contributed by atoms with Crippen molar-refractivity contribution in [3.05, 3.63) is 64.1 Å². The van der Waals surface area contributed by atoms with Gasteiger partial charge in [0.1, 0.15) is 17.0 Å². The first-order chi connectivity index (χ1) is 14.5. The van der Waals surface area contributed by atoms with Gasteiger partial charge in [0.2, 0.25) is 0 Å². The summed E-state index contributed by atoms with van der Waals surface area (Å²) in [5, 5.41) is 6.99. The molecule has 9 heteroatoms. The van der Waals surface area contributed by atoms with Crippen LogP contribution in [0.3, 0.4) is 0 Å². The first-order valence-electron chi connectivity index (χ1n) is 9.88. The molecule has 2 heterocycles. The van der Waals surface area contributed by atoms with Crippen LogP contribution in [0.1, 0.15) is 53.6 Å². The zero-order chi connectivity index (χ0) is 21.3. The smallest absolute Gasteiger partial charge is 0.358 e. The lowest BCUT2D eigenvalue weighted by Crippen LogP contribution is -2.37. The zero-order valence-corrected chi connectivity index (χ0v) is 16.4. The molecule has 0 aliphatic heterocycles. The van der Waals surface area contributed by atoms with Crippen molar-refractivity contribution in [2.24, 2.45) is 0 Å². The maximum Gasteiger partial charge on any atom is 0.358 e. The van der Waals surface area contributed by atoms with Gasteiger partial charge in [-0.05, 0) is 31.9 Å². The number of nitrogens with zero attached hydrogens (tertiary/aromatic N) is 3. The number of aromatic nitrogens is 3. The van der Waals surface area contributed by atoms with Gasteiger partial charge in [-0.2, -0.15) is 5.10 Å². The second-order valence-electron chi connectivity index (χ2n) is 7.14. The van der Waals surface area contributed by atoms with Crippen LogP contribution in [-0.4, -0.2) is 38.7 Å². The minimum absolute atomic E-state index is 0.00471. The van der Waals surface area contributed by atoms with Crippen molar-refractivity contribution in [3.63, 3.8) is 0 Å². The van der Waals surface area contributed by atoms with E-state index < -0.39 is 23.3 Å². The van der Waals surface area contributed by atoms with Crippen molar-refractivity contribution in [2.45, 2.75) is 38.6 Å². The summed E-state index contributed by atoms with van der Waals surface area (Å²) in [5.41, 5.74) is -0.827. The van der Waals surface area contributed by atoms with Gasteiger partial charge in [0.25, 0.3) is 11.5 Å². The molecule has 4 rings (SSSR count). The van der Waals surface area contributed by atoms with Gasteiger partial charge in [-0.1, -0.05) is 25.0 Å². The number of hydrogen-bond acceptors (Lipinski definition) is 5. The fourth-order valence-corrected chi connectivity index (χ4v) is 3.72. The van der Waals surface area contributed by atoms with E-state index in [1.165, 1.54) is 30.5 Å². The molecule has 3 aromatic rings. The normalized spacial score (nSPS) is 14.2. The maximum absolute atomic E-state index is 14.5. The topological polar surface area (TPSA) is 94.7 Å². The fourth-order valence-electron chi connectivity index (χ4n) is 3.72. The number of amides is 1. The first-order valence-corrected chi connectivity index (χ1v) is 9.88. The minimum Gasteiger partial charge on any atom is -0.461 e. The Labute approximate surface area is 171 Å². The molecule has 2 aromatic heterocycles. The van der Waals surface area contributed by atoms with Crippen molar-refractivity contribution in [1.82, 2.24) is 19.5 Å². The number of carbonyl (C=O) groups is 2. The summed E-state index contributed by atoms with van der Waals surface area (Å²) in [7, 11) is 0. The molecule has 1 aliphatic carbocycles. The van der Waals surface area contributed by atoms with E-state index >= 15 is 0 Å². The molecule has 0 atom stereocenters. The van der Waals surface area contributed by atoms with Crippen LogP contribution in [0.4, 0.5) is 4.39 Å². The molecule has 0 unspecified atom stereocenters. The van der Waals surface area contributed by atoms with Crippen LogP contribution in [0.25, 0.3) is 11.2 Å². The summed E-state index contributed by atoms with van der Waals surface area (Å²) in [6, 6.07) is 6.99. The zero-order valence-electron chi connectivity index (χ0n) is 16.4. The average molecular weight is 412 g/mol. The summed E-state index contributed by atoms with van der Waals surface area (Å²) >= 11 is 0. The Kier molecular flexibility index (Phi) is 5.35. The summed E-state index contributed by atoms with van der Waals surface area (Å²) < 4.78 is 21.7. The number of benzene rings is 1. The molecule has 1 aliphatic rings. The Morgan fingerprint density at radius 3 is 2.70 bits per heavy atom. The third-order valence-electron chi connectivity index (χ3n) is 5.14. The Hall–Kier alpha value is -3.49. The molecule has 30 heavy (non-hydrogen) atoms. The van der Waals surface area contributed by atoms with Crippen molar-refractivity contribution in [3.8, 4) is 5.69 Å². The van der Waals surface area contributed by atoms with E-state index in [2.05, 4.69) is 10.4 Å². The highest BCUT2D eigenvalue weighted by Crippen LogP contribution is 2.19. The molecule has 1 amide bonds. The van der Waals surface area contributed by atoms with Crippen LogP contribution in [0.15, 0.2) is 41.3 Å². The van der Waals surface area contributed by atoms with Crippen LogP contribution in [0.2, 0.25) is 0 Å². The van der Waals surface area contributed by atoms with E-state index in [0.717, 1.165) is 34.8 Å². The highest BCUT2D eigenvalue weighted by molar-refractivity contribution is 5.94. The number of esters is 1. The number of ether oxygens (including phenoxy) is 1. The summed E-state index contributed by atoms with van der Waals surface area (Å²) in [5.74, 6) is -1.84. The molecule has 1 aromatic carbocycles. The van der Waals surface area contributed by atoms with Gasteiger partial charge >= 0.3 is 5.97 Å². The van der Waals surface area contributed by atoms with Crippen molar-refractivity contribution < 1.29 is 18.7 Å². The van der Waals surface area contributed by atoms with E-state index in [4.69, 9.17) is 4.74 Å². The Bertz CT molecular complexity index is 1180. The van der Waals surface area contributed by atoms with Crippen LogP contribution < -0.4 is 10.9 Å². The molecule has 0 radical (unpaired) electrons. The minimum atomic E-state index is -0.685. The summed E-state index contributed by atoms with van der Waals surface area (Å²) in [6.07, 6.45) is 5.08. The predicted octanol–water partition coefficient (Wildman–Crippen LogP) is 2.47. The second kappa shape index (κ2) is 8.10. The third-order valence-corrected chi connectivity index (χ3v) is 5.14. The molecule has 156 valence electrons. The molecule has 8 nitrogen and oxygen atoms in total. The first kappa shape index (κ1) is 19.8. The standard InChI is InChI=1S/C21H21FN4O4/c1-2-30-21(29)15-11-17-20(28)26(16-10-6-5-9-14(16)22)18(12-25(17)24-15)19(27)23-13-7-3-4-8-13/h5-6,9-13H,2-4,7-8H2,1H3,(H,23,27). The quantitative estimate of drug-likeness (QED) is 0.650. The number of para-hydroxylation sites is 1. The molecule has 1 N–H and O–H groups in total. The van der Waals surface area contributed by atoms with E-state index in [1.54, 1.807) is 13.0 Å². The highest BCUT2D eigenvalue weighted by atomic mass is 19.1. The molecular formula is C21H21FN4O4. The largest absolute Gasteiger partial charge is 0.461 e. The van der Waals surface area contributed by atoms with Crippen LogP contribution >= 0.6 is 0 Å². The molecular weight excluding hydrogens is 391 g/mol. The molecule has 0 spiro atoms. The second-order valence-corrected chi connectivity index (χ2v) is 7.14. The number of rotatable bonds is 5. The number of fused-ring (bicyclic) bond motifs is 1. The SMILES string of the molecule is CCOC(=O)c1cc2c(=O)n(-c3ccccc3F)c(C(=O)NC3CCCC3)cn2n1. The lowest BCUT2D eigenvalue weighted by molar-refractivity contribution is 0.0519. The van der Waals surface area contributed by atoms with Gasteiger partial charge in [-0.25, -0.2) is 13.7 Å². The number of hydrogen-bond donors (Lipinski definition) is 1. The molecule has 1 saturated carbocycles. The van der Waals surface area contributed by atoms with Gasteiger partial charge in [0, 0.05) is 12.1 Å².